The van der Waals surface area contributed by atoms with Crippen molar-refractivity contribution in [1.29, 1.82) is 0 Å². The molecule has 31 heavy (non-hydrogen) atoms. The lowest BCUT2D eigenvalue weighted by Crippen LogP contribution is -2.09. The molecule has 2 N–H and O–H groups in total. The minimum Gasteiger partial charge on any atom is -0.478 e. The number of anilines is 1. The summed E-state index contributed by atoms with van der Waals surface area (Å²) in [4.78, 5) is 29.6. The van der Waals surface area contributed by atoms with Crippen LogP contribution in [0.4, 0.5) is 5.69 Å². The molecule has 156 valence electrons. The summed E-state index contributed by atoms with van der Waals surface area (Å²) in [5.41, 5.74) is 3.13. The molecule has 2 aliphatic rings. The molecule has 0 atom stereocenters. The van der Waals surface area contributed by atoms with Crippen LogP contribution in [0.1, 0.15) is 20.7 Å². The highest BCUT2D eigenvalue weighted by Crippen LogP contribution is 2.42. The van der Waals surface area contributed by atoms with Crippen molar-refractivity contribution in [1.82, 2.24) is 0 Å². The van der Waals surface area contributed by atoms with E-state index in [1.807, 2.05) is 49.3 Å². The molecule has 4 rings (SSSR count). The minimum absolute atomic E-state index is 0.0858. The summed E-state index contributed by atoms with van der Waals surface area (Å²) < 4.78 is 6.18. The van der Waals surface area contributed by atoms with Crippen LogP contribution in [0, 0.1) is 0 Å². The zero-order valence-electron chi connectivity index (χ0n) is 17.2. The van der Waals surface area contributed by atoms with E-state index in [0.29, 0.717) is 28.0 Å². The average Bonchev–Trinajstić information content (AvgIpc) is 2.76. The molecule has 2 aromatic carbocycles. The van der Waals surface area contributed by atoms with E-state index in [2.05, 4.69) is 4.99 Å². The second-order valence-corrected chi connectivity index (χ2v) is 7.33. The number of hydrogen-bond donors (Lipinski definition) is 2. The van der Waals surface area contributed by atoms with Gasteiger partial charge in [-0.2, -0.15) is 0 Å². The largest absolute Gasteiger partial charge is 0.478 e. The lowest BCUT2D eigenvalue weighted by atomic mass is 9.90. The van der Waals surface area contributed by atoms with Crippen LogP contribution >= 0.6 is 0 Å². The first kappa shape index (κ1) is 20.2. The fourth-order valence-corrected chi connectivity index (χ4v) is 3.65. The zero-order chi connectivity index (χ0) is 22.3. The molecule has 0 fully saturated rings. The second kappa shape index (κ2) is 7.60. The first-order valence-corrected chi connectivity index (χ1v) is 9.52. The summed E-state index contributed by atoms with van der Waals surface area (Å²) in [5, 5.41) is 20.6. The van der Waals surface area contributed by atoms with Crippen LogP contribution in [0.3, 0.4) is 0 Å². The summed E-state index contributed by atoms with van der Waals surface area (Å²) in [6.07, 6.45) is 0. The molecule has 0 unspecified atom stereocenters. The van der Waals surface area contributed by atoms with Crippen LogP contribution in [0.5, 0.6) is 0 Å². The molecule has 0 bridgehead atoms. The van der Waals surface area contributed by atoms with E-state index in [4.69, 9.17) is 4.42 Å². The van der Waals surface area contributed by atoms with E-state index in [0.717, 1.165) is 16.4 Å². The molecule has 2 aromatic rings. The molecule has 7 heteroatoms. The molecule has 7 nitrogen and oxygen atoms in total. The molecule has 1 aliphatic carbocycles. The van der Waals surface area contributed by atoms with Gasteiger partial charge < -0.3 is 19.5 Å². The molecular formula is C24H20N2O5. The Balaban J connectivity index is 2.16. The van der Waals surface area contributed by atoms with Gasteiger partial charge in [-0.1, -0.05) is 6.07 Å². The highest BCUT2D eigenvalue weighted by atomic mass is 16.4. The lowest BCUT2D eigenvalue weighted by molar-refractivity contribution is 0.0696. The van der Waals surface area contributed by atoms with Gasteiger partial charge in [0, 0.05) is 55.5 Å². The molecule has 0 saturated heterocycles. The second-order valence-electron chi connectivity index (χ2n) is 7.33. The Bertz CT molecular complexity index is 1380. The normalized spacial score (nSPS) is 11.8. The Morgan fingerprint density at radius 1 is 0.903 bits per heavy atom. The van der Waals surface area contributed by atoms with Gasteiger partial charge in [0.1, 0.15) is 11.3 Å². The average molecular weight is 416 g/mol. The number of carboxylic acid groups (broad SMARTS) is 2. The van der Waals surface area contributed by atoms with Crippen molar-refractivity contribution in [3.05, 3.63) is 71.1 Å². The summed E-state index contributed by atoms with van der Waals surface area (Å²) in [5.74, 6) is -1.83. The van der Waals surface area contributed by atoms with Crippen molar-refractivity contribution < 1.29 is 24.2 Å². The van der Waals surface area contributed by atoms with E-state index in [-0.39, 0.29) is 11.1 Å². The zero-order valence-corrected chi connectivity index (χ0v) is 17.2. The third-order valence-corrected chi connectivity index (χ3v) is 5.23. The molecule has 0 aromatic heterocycles. The maximum atomic E-state index is 12.0. The number of carboxylic acids is 2. The predicted octanol–water partition coefficient (Wildman–Crippen LogP) is 4.20. The number of aromatic carboxylic acids is 2. The van der Waals surface area contributed by atoms with Crippen molar-refractivity contribution in [2.24, 2.45) is 4.99 Å². The van der Waals surface area contributed by atoms with Gasteiger partial charge in [-0.25, -0.2) is 9.59 Å². The van der Waals surface area contributed by atoms with Gasteiger partial charge in [0.25, 0.3) is 0 Å². The van der Waals surface area contributed by atoms with Crippen molar-refractivity contribution in [3.8, 4) is 22.5 Å². The van der Waals surface area contributed by atoms with E-state index in [9.17, 15) is 19.8 Å². The van der Waals surface area contributed by atoms with Crippen LogP contribution in [-0.4, -0.2) is 43.3 Å². The fraction of sp³-hybridized carbons (Fsp3) is 0.125. The third kappa shape index (κ3) is 3.50. The first-order valence-electron chi connectivity index (χ1n) is 9.52. The van der Waals surface area contributed by atoms with Crippen LogP contribution in [0.2, 0.25) is 0 Å². The van der Waals surface area contributed by atoms with E-state index >= 15 is 0 Å². The quantitative estimate of drug-likeness (QED) is 0.484. The topological polar surface area (TPSA) is 103 Å². The van der Waals surface area contributed by atoms with Crippen molar-refractivity contribution in [2.45, 2.75) is 0 Å². The van der Waals surface area contributed by atoms with Crippen LogP contribution < -0.4 is 10.3 Å². The standard InChI is InChI=1S/C24H20N2O5/c1-25-14-5-8-17-20(11-14)31-21-12-15(26(2)3)6-9-18(21)22(17)16-7-4-13(23(27)28)10-19(16)24(29)30/h4-12H,1-3H3,(H,27,28)(H,29,30). The lowest BCUT2D eigenvalue weighted by Gasteiger charge is -2.19. The Morgan fingerprint density at radius 2 is 1.65 bits per heavy atom. The number of fused-ring (bicyclic) bond motifs is 2. The monoisotopic (exact) mass is 416 g/mol. The molecular weight excluding hydrogens is 396 g/mol. The fourth-order valence-electron chi connectivity index (χ4n) is 3.65. The number of benzene rings is 3. The van der Waals surface area contributed by atoms with Gasteiger partial charge in [-0.3, -0.25) is 4.99 Å². The van der Waals surface area contributed by atoms with Gasteiger partial charge >= 0.3 is 11.9 Å². The van der Waals surface area contributed by atoms with E-state index in [1.54, 1.807) is 19.2 Å². The van der Waals surface area contributed by atoms with Gasteiger partial charge in [-0.05, 0) is 42.0 Å². The van der Waals surface area contributed by atoms with Crippen molar-refractivity contribution in [2.75, 3.05) is 26.0 Å². The van der Waals surface area contributed by atoms with Gasteiger partial charge in [0.15, 0.2) is 0 Å². The van der Waals surface area contributed by atoms with Crippen molar-refractivity contribution in [3.63, 3.8) is 0 Å². The summed E-state index contributed by atoms with van der Waals surface area (Å²) in [6.45, 7) is 0. The third-order valence-electron chi connectivity index (χ3n) is 5.23. The SMILES string of the molecule is CN=c1ccc2c(-c3ccc(C(=O)O)cc3C(=O)O)c3ccc(N(C)C)cc3oc-2c1. The molecule has 1 heterocycles. The Morgan fingerprint density at radius 3 is 2.29 bits per heavy atom. The number of nitrogens with zero attached hydrogens (tertiary/aromatic N) is 2. The predicted molar refractivity (Wildman–Crippen MR) is 118 cm³/mol. The van der Waals surface area contributed by atoms with Gasteiger partial charge in [0.2, 0.25) is 0 Å². The highest BCUT2D eigenvalue weighted by molar-refractivity contribution is 6.08. The van der Waals surface area contributed by atoms with Crippen LogP contribution in [0.25, 0.3) is 33.4 Å². The molecule has 0 radical (unpaired) electrons. The number of rotatable bonds is 4. The number of carbonyl (C=O) groups is 2. The van der Waals surface area contributed by atoms with Crippen LogP contribution in [-0.2, 0) is 0 Å². The smallest absolute Gasteiger partial charge is 0.336 e. The summed E-state index contributed by atoms with van der Waals surface area (Å²) in [6, 6.07) is 15.3. The molecule has 0 saturated carbocycles. The summed E-state index contributed by atoms with van der Waals surface area (Å²) >= 11 is 0. The van der Waals surface area contributed by atoms with E-state index in [1.165, 1.54) is 12.1 Å². The minimum atomic E-state index is -1.20. The maximum absolute atomic E-state index is 12.0. The summed E-state index contributed by atoms with van der Waals surface area (Å²) in [7, 11) is 5.52. The Labute approximate surface area is 177 Å². The van der Waals surface area contributed by atoms with Crippen molar-refractivity contribution >= 4 is 28.6 Å². The first-order chi connectivity index (χ1) is 14.8. The Kier molecular flexibility index (Phi) is 4.94. The molecule has 0 spiro atoms. The van der Waals surface area contributed by atoms with Crippen LogP contribution in [0.15, 0.2) is 64.0 Å². The van der Waals surface area contributed by atoms with Gasteiger partial charge in [0.05, 0.1) is 16.5 Å². The molecule has 1 aliphatic heterocycles. The molecule has 0 amide bonds. The van der Waals surface area contributed by atoms with Gasteiger partial charge in [-0.15, -0.1) is 0 Å². The Hall–Kier alpha value is -4.13. The number of hydrogen-bond acceptors (Lipinski definition) is 5. The highest BCUT2D eigenvalue weighted by Gasteiger charge is 2.23. The maximum Gasteiger partial charge on any atom is 0.336 e. The van der Waals surface area contributed by atoms with E-state index < -0.39 is 11.9 Å².